The molecule has 0 saturated carbocycles. The molecule has 9 aromatic carbocycles. The maximum Gasteiger partial charge on any atom is 0.164 e. The lowest BCUT2D eigenvalue weighted by atomic mass is 9.92. The molecule has 7 nitrogen and oxygen atoms in total. The predicted molar refractivity (Wildman–Crippen MR) is 272 cm³/mol. The first-order valence-electron chi connectivity index (χ1n) is 22.3. The summed E-state index contributed by atoms with van der Waals surface area (Å²) in [6, 6.07) is 81.8. The van der Waals surface area contributed by atoms with E-state index in [1.165, 1.54) is 0 Å². The van der Waals surface area contributed by atoms with Gasteiger partial charge in [0.25, 0.3) is 0 Å². The van der Waals surface area contributed by atoms with Gasteiger partial charge in [-0.3, -0.25) is 0 Å². The highest BCUT2D eigenvalue weighted by molar-refractivity contribution is 5.89. The van der Waals surface area contributed by atoms with Gasteiger partial charge >= 0.3 is 0 Å². The fraction of sp³-hybridized carbons (Fsp3) is 0. The topological polar surface area (TPSA) is 101 Å². The van der Waals surface area contributed by atoms with Crippen LogP contribution < -0.4 is 0 Å². The molecule has 0 aliphatic heterocycles. The highest BCUT2D eigenvalue weighted by Gasteiger charge is 2.20. The van der Waals surface area contributed by atoms with Gasteiger partial charge < -0.3 is 0 Å². The average molecular weight is 870 g/mol. The van der Waals surface area contributed by atoms with E-state index >= 15 is 0 Å². The van der Waals surface area contributed by atoms with Gasteiger partial charge in [0.05, 0.1) is 11.6 Å². The van der Waals surface area contributed by atoms with Crippen molar-refractivity contribution < 1.29 is 0 Å². The van der Waals surface area contributed by atoms with Gasteiger partial charge in [-0.05, 0) is 80.9 Å². The van der Waals surface area contributed by atoms with Gasteiger partial charge in [-0.25, -0.2) is 29.9 Å². The number of aromatic nitrogens is 6. The van der Waals surface area contributed by atoms with Gasteiger partial charge in [0.15, 0.2) is 34.9 Å². The van der Waals surface area contributed by atoms with E-state index in [9.17, 15) is 5.26 Å². The molecule has 2 aromatic heterocycles. The Labute approximate surface area is 394 Å². The van der Waals surface area contributed by atoms with E-state index in [-0.39, 0.29) is 0 Å². The van der Waals surface area contributed by atoms with Crippen molar-refractivity contribution in [1.29, 1.82) is 5.26 Å². The Morgan fingerprint density at radius 2 is 0.574 bits per heavy atom. The second-order valence-corrected chi connectivity index (χ2v) is 16.2. The minimum atomic E-state index is 0.551. The summed E-state index contributed by atoms with van der Waals surface area (Å²) in [6.07, 6.45) is 0. The second kappa shape index (κ2) is 18.5. The third-order valence-electron chi connectivity index (χ3n) is 11.8. The molecule has 0 atom stereocenters. The molecule has 0 spiro atoms. The van der Waals surface area contributed by atoms with Crippen molar-refractivity contribution in [2.75, 3.05) is 0 Å². The van der Waals surface area contributed by atoms with Crippen LogP contribution in [0.25, 0.3) is 113 Å². The third kappa shape index (κ3) is 8.57. The Hall–Kier alpha value is -9.51. The molecule has 0 fully saturated rings. The Balaban J connectivity index is 1.04. The van der Waals surface area contributed by atoms with Crippen molar-refractivity contribution in [1.82, 2.24) is 29.9 Å². The number of nitriles is 1. The summed E-state index contributed by atoms with van der Waals surface area (Å²) in [4.78, 5) is 30.7. The first-order valence-corrected chi connectivity index (χ1v) is 22.3. The van der Waals surface area contributed by atoms with Crippen LogP contribution >= 0.6 is 0 Å². The van der Waals surface area contributed by atoms with Crippen LogP contribution in [0.3, 0.4) is 0 Å². The van der Waals surface area contributed by atoms with E-state index < -0.39 is 0 Å². The highest BCUT2D eigenvalue weighted by Crippen LogP contribution is 2.39. The van der Waals surface area contributed by atoms with Gasteiger partial charge in [-0.1, -0.05) is 200 Å². The molecule has 68 heavy (non-hydrogen) atoms. The van der Waals surface area contributed by atoms with Crippen molar-refractivity contribution in [2.24, 2.45) is 0 Å². The molecular weight excluding hydrogens is 831 g/mol. The molecule has 0 unspecified atom stereocenters. The zero-order chi connectivity index (χ0) is 45.7. The van der Waals surface area contributed by atoms with E-state index in [2.05, 4.69) is 91.0 Å². The van der Waals surface area contributed by atoms with Crippen LogP contribution in [-0.4, -0.2) is 29.9 Å². The highest BCUT2D eigenvalue weighted by atomic mass is 15.0. The van der Waals surface area contributed by atoms with Gasteiger partial charge in [0.2, 0.25) is 0 Å². The molecule has 0 N–H and O–H groups in total. The maximum atomic E-state index is 9.55. The second-order valence-electron chi connectivity index (χ2n) is 16.2. The molecule has 11 rings (SSSR count). The summed E-state index contributed by atoms with van der Waals surface area (Å²) < 4.78 is 0. The van der Waals surface area contributed by atoms with Crippen molar-refractivity contribution in [3.63, 3.8) is 0 Å². The summed E-state index contributed by atoms with van der Waals surface area (Å²) in [6.45, 7) is 0. The van der Waals surface area contributed by atoms with E-state index in [1.807, 2.05) is 152 Å². The van der Waals surface area contributed by atoms with Gasteiger partial charge in [0, 0.05) is 33.4 Å². The summed E-state index contributed by atoms with van der Waals surface area (Å²) in [5.41, 5.74) is 13.9. The lowest BCUT2D eigenvalue weighted by molar-refractivity contribution is 1.07. The monoisotopic (exact) mass is 869 g/mol. The van der Waals surface area contributed by atoms with Crippen LogP contribution in [0.15, 0.2) is 237 Å². The minimum absolute atomic E-state index is 0.551. The molecule has 11 aromatic rings. The summed E-state index contributed by atoms with van der Waals surface area (Å²) in [5, 5.41) is 9.55. The van der Waals surface area contributed by atoms with Crippen LogP contribution in [-0.2, 0) is 0 Å². The van der Waals surface area contributed by atoms with Crippen LogP contribution in [0, 0.1) is 11.3 Å². The van der Waals surface area contributed by atoms with Crippen LogP contribution in [0.2, 0.25) is 0 Å². The van der Waals surface area contributed by atoms with Gasteiger partial charge in [-0.15, -0.1) is 0 Å². The summed E-state index contributed by atoms with van der Waals surface area (Å²) in [5.74, 6) is 3.46. The molecule has 7 heteroatoms. The Kier molecular flexibility index (Phi) is 11.2. The minimum Gasteiger partial charge on any atom is -0.208 e. The van der Waals surface area contributed by atoms with Crippen LogP contribution in [0.1, 0.15) is 5.56 Å². The molecule has 0 saturated heterocycles. The SMILES string of the molecule is N#Cc1cccc(-c2cccc(-c3cccc(-c4nc(-c5ccccc5)nc(-c5ccc(-c6ccccc6-c6nc(-c7ccccc7)nc(-c7ccccc7)n6)cc5-c5ccccc5)n4)c3)c2)c1. The zero-order valence-corrected chi connectivity index (χ0v) is 36.6. The molecule has 0 radical (unpaired) electrons. The van der Waals surface area contributed by atoms with Crippen LogP contribution in [0.5, 0.6) is 0 Å². The first kappa shape index (κ1) is 41.2. The quantitative estimate of drug-likeness (QED) is 0.135. The molecule has 0 aliphatic carbocycles. The number of benzene rings is 9. The standard InChI is InChI=1S/C61H39N7/c62-40-41-18-15-27-46(36-41)47-28-16-29-48(37-47)49-30-17-31-51(38-49)59-64-58(45-25-11-4-12-26-45)67-61(68-59)54-35-34-50(39-55(54)42-19-5-1-6-20-42)52-32-13-14-33-53(52)60-65-56(43-21-7-2-8-22-43)63-57(66-60)44-23-9-3-10-24-44/h1-39H. The molecule has 0 bridgehead atoms. The zero-order valence-electron chi connectivity index (χ0n) is 36.6. The lowest BCUT2D eigenvalue weighted by Crippen LogP contribution is -2.02. The fourth-order valence-corrected chi connectivity index (χ4v) is 8.45. The summed E-state index contributed by atoms with van der Waals surface area (Å²) >= 11 is 0. The number of nitrogens with zero attached hydrogens (tertiary/aromatic N) is 7. The van der Waals surface area contributed by atoms with Gasteiger partial charge in [0.1, 0.15) is 0 Å². The smallest absolute Gasteiger partial charge is 0.164 e. The molecule has 0 aliphatic rings. The average Bonchev–Trinajstić information content (AvgIpc) is 3.43. The van der Waals surface area contributed by atoms with Crippen molar-refractivity contribution in [3.05, 3.63) is 242 Å². The Bertz CT molecular complexity index is 3570. The van der Waals surface area contributed by atoms with Gasteiger partial charge in [-0.2, -0.15) is 5.26 Å². The van der Waals surface area contributed by atoms with E-state index in [0.717, 1.165) is 77.9 Å². The van der Waals surface area contributed by atoms with Crippen LogP contribution in [0.4, 0.5) is 0 Å². The van der Waals surface area contributed by atoms with E-state index in [0.29, 0.717) is 40.5 Å². The molecular formula is C61H39N7. The molecule has 2 heterocycles. The maximum absolute atomic E-state index is 9.55. The molecule has 0 amide bonds. The van der Waals surface area contributed by atoms with Crippen molar-refractivity contribution in [3.8, 4) is 119 Å². The van der Waals surface area contributed by atoms with E-state index in [1.54, 1.807) is 0 Å². The number of rotatable bonds is 10. The number of hydrogen-bond donors (Lipinski definition) is 0. The largest absolute Gasteiger partial charge is 0.208 e. The lowest BCUT2D eigenvalue weighted by Gasteiger charge is -2.16. The fourth-order valence-electron chi connectivity index (χ4n) is 8.45. The number of hydrogen-bond acceptors (Lipinski definition) is 7. The Morgan fingerprint density at radius 1 is 0.221 bits per heavy atom. The van der Waals surface area contributed by atoms with Crippen molar-refractivity contribution >= 4 is 0 Å². The molecule has 318 valence electrons. The normalized spacial score (nSPS) is 10.9. The Morgan fingerprint density at radius 3 is 1.07 bits per heavy atom. The third-order valence-corrected chi connectivity index (χ3v) is 11.8. The van der Waals surface area contributed by atoms with Crippen molar-refractivity contribution in [2.45, 2.75) is 0 Å². The van der Waals surface area contributed by atoms with E-state index in [4.69, 9.17) is 29.9 Å². The summed E-state index contributed by atoms with van der Waals surface area (Å²) in [7, 11) is 0. The predicted octanol–water partition coefficient (Wildman–Crippen LogP) is 14.6. The first-order chi connectivity index (χ1) is 33.6.